The van der Waals surface area contributed by atoms with Gasteiger partial charge in [-0.15, -0.1) is 0 Å². The van der Waals surface area contributed by atoms with E-state index in [4.69, 9.17) is 27.9 Å². The Labute approximate surface area is 106 Å². The Kier molecular flexibility index (Phi) is 4.90. The highest BCUT2D eigenvalue weighted by molar-refractivity contribution is 6.34. The summed E-state index contributed by atoms with van der Waals surface area (Å²) in [5, 5.41) is 11.1. The summed E-state index contributed by atoms with van der Waals surface area (Å²) in [5.74, 6) is 0.509. The molecule has 90 valence electrons. The van der Waals surface area contributed by atoms with E-state index in [0.29, 0.717) is 28.6 Å². The molecule has 16 heavy (non-hydrogen) atoms. The van der Waals surface area contributed by atoms with E-state index < -0.39 is 5.60 Å². The zero-order valence-electron chi connectivity index (χ0n) is 9.46. The molecule has 0 amide bonds. The molecule has 0 unspecified atom stereocenters. The predicted molar refractivity (Wildman–Crippen MR) is 67.5 cm³/mol. The van der Waals surface area contributed by atoms with Crippen LogP contribution >= 0.6 is 23.2 Å². The molecule has 1 aromatic carbocycles. The molecule has 0 aliphatic rings. The van der Waals surface area contributed by atoms with Crippen molar-refractivity contribution in [1.82, 2.24) is 0 Å². The third-order valence-electron chi connectivity index (χ3n) is 2.71. The number of hydrogen-bond donors (Lipinski definition) is 1. The van der Waals surface area contributed by atoms with Gasteiger partial charge in [0.2, 0.25) is 0 Å². The van der Waals surface area contributed by atoms with Crippen LogP contribution in [0.15, 0.2) is 18.2 Å². The fourth-order valence-electron chi connectivity index (χ4n) is 1.25. The second-order valence-electron chi connectivity index (χ2n) is 3.79. The van der Waals surface area contributed by atoms with Crippen LogP contribution in [0.2, 0.25) is 10.0 Å². The van der Waals surface area contributed by atoms with Crippen molar-refractivity contribution in [3.05, 3.63) is 28.2 Å². The molecule has 0 aliphatic heterocycles. The summed E-state index contributed by atoms with van der Waals surface area (Å²) in [7, 11) is 0. The Morgan fingerprint density at radius 1 is 1.25 bits per heavy atom. The van der Waals surface area contributed by atoms with Gasteiger partial charge in [-0.2, -0.15) is 0 Å². The molecule has 1 rings (SSSR count). The summed E-state index contributed by atoms with van der Waals surface area (Å²) in [4.78, 5) is 0. The molecule has 0 aromatic heterocycles. The molecule has 4 heteroatoms. The number of benzene rings is 1. The van der Waals surface area contributed by atoms with Crippen molar-refractivity contribution in [2.75, 3.05) is 6.61 Å². The first-order valence-corrected chi connectivity index (χ1v) is 6.06. The minimum atomic E-state index is -0.800. The van der Waals surface area contributed by atoms with E-state index in [-0.39, 0.29) is 6.61 Å². The van der Waals surface area contributed by atoms with Gasteiger partial charge in [-0.1, -0.05) is 37.0 Å². The van der Waals surface area contributed by atoms with Crippen LogP contribution in [0, 0.1) is 0 Å². The van der Waals surface area contributed by atoms with Gasteiger partial charge in [-0.05, 0) is 25.0 Å². The Bertz CT molecular complexity index is 349. The second-order valence-corrected chi connectivity index (χ2v) is 4.64. The van der Waals surface area contributed by atoms with Crippen LogP contribution in [0.1, 0.15) is 26.7 Å². The number of halogens is 2. The first-order chi connectivity index (χ1) is 7.50. The highest BCUT2D eigenvalue weighted by Gasteiger charge is 2.23. The molecule has 0 heterocycles. The zero-order valence-corrected chi connectivity index (χ0v) is 11.0. The Hall–Kier alpha value is -0.440. The summed E-state index contributed by atoms with van der Waals surface area (Å²) in [6.45, 7) is 4.07. The normalized spacial score (nSPS) is 11.6. The quantitative estimate of drug-likeness (QED) is 0.872. The van der Waals surface area contributed by atoms with Crippen molar-refractivity contribution >= 4 is 23.2 Å². The molecular formula is C12H16Cl2O2. The lowest BCUT2D eigenvalue weighted by molar-refractivity contribution is -0.0113. The van der Waals surface area contributed by atoms with Gasteiger partial charge >= 0.3 is 0 Å². The van der Waals surface area contributed by atoms with Gasteiger partial charge in [0.05, 0.1) is 10.6 Å². The Morgan fingerprint density at radius 3 is 2.44 bits per heavy atom. The fraction of sp³-hybridized carbons (Fsp3) is 0.500. The van der Waals surface area contributed by atoms with E-state index >= 15 is 0 Å². The monoisotopic (exact) mass is 262 g/mol. The van der Waals surface area contributed by atoms with Gasteiger partial charge in [0, 0.05) is 11.1 Å². The number of rotatable bonds is 5. The first-order valence-electron chi connectivity index (χ1n) is 5.31. The summed E-state index contributed by atoms with van der Waals surface area (Å²) in [6.07, 6.45) is 1.28. The van der Waals surface area contributed by atoms with Crippen LogP contribution in [-0.2, 0) is 0 Å². The number of ether oxygens (including phenoxy) is 1. The molecule has 0 atom stereocenters. The maximum absolute atomic E-state index is 10.0. The standard InChI is InChI=1S/C12H16Cl2O2/c1-3-12(15,4-2)8-16-11-7-9(13)5-6-10(11)14/h5-7,15H,3-4,8H2,1-2H3. The lowest BCUT2D eigenvalue weighted by Crippen LogP contribution is -2.34. The summed E-state index contributed by atoms with van der Waals surface area (Å²) in [5.41, 5.74) is -0.800. The van der Waals surface area contributed by atoms with Crippen LogP contribution in [0.4, 0.5) is 0 Å². The smallest absolute Gasteiger partial charge is 0.139 e. The maximum atomic E-state index is 10.0. The van der Waals surface area contributed by atoms with Crippen molar-refractivity contribution in [3.8, 4) is 5.75 Å². The highest BCUT2D eigenvalue weighted by Crippen LogP contribution is 2.29. The predicted octanol–water partition coefficient (Wildman–Crippen LogP) is 3.92. The van der Waals surface area contributed by atoms with Crippen LogP contribution < -0.4 is 4.74 Å². The maximum Gasteiger partial charge on any atom is 0.139 e. The van der Waals surface area contributed by atoms with Gasteiger partial charge in [0.25, 0.3) is 0 Å². The lowest BCUT2D eigenvalue weighted by Gasteiger charge is -2.25. The average molecular weight is 263 g/mol. The first kappa shape index (κ1) is 13.6. The molecule has 0 bridgehead atoms. The Balaban J connectivity index is 2.70. The van der Waals surface area contributed by atoms with Crippen LogP contribution in [-0.4, -0.2) is 17.3 Å². The van der Waals surface area contributed by atoms with Crippen molar-refractivity contribution in [2.24, 2.45) is 0 Å². The molecule has 0 fully saturated rings. The van der Waals surface area contributed by atoms with E-state index in [1.807, 2.05) is 13.8 Å². The van der Waals surface area contributed by atoms with Crippen LogP contribution in [0.3, 0.4) is 0 Å². The summed E-state index contributed by atoms with van der Waals surface area (Å²) < 4.78 is 5.50. The third kappa shape index (κ3) is 3.55. The largest absolute Gasteiger partial charge is 0.489 e. The molecule has 0 spiro atoms. The van der Waals surface area contributed by atoms with Crippen molar-refractivity contribution in [3.63, 3.8) is 0 Å². The number of hydrogen-bond acceptors (Lipinski definition) is 2. The molecule has 0 saturated heterocycles. The van der Waals surface area contributed by atoms with Gasteiger partial charge < -0.3 is 9.84 Å². The third-order valence-corrected chi connectivity index (χ3v) is 3.25. The molecular weight excluding hydrogens is 247 g/mol. The average Bonchev–Trinajstić information content (AvgIpc) is 2.30. The summed E-state index contributed by atoms with van der Waals surface area (Å²) >= 11 is 11.8. The lowest BCUT2D eigenvalue weighted by atomic mass is 9.99. The van der Waals surface area contributed by atoms with E-state index in [0.717, 1.165) is 0 Å². The van der Waals surface area contributed by atoms with Crippen molar-refractivity contribution in [1.29, 1.82) is 0 Å². The van der Waals surface area contributed by atoms with Crippen molar-refractivity contribution < 1.29 is 9.84 Å². The van der Waals surface area contributed by atoms with E-state index in [1.165, 1.54) is 0 Å². The van der Waals surface area contributed by atoms with Gasteiger partial charge in [0.1, 0.15) is 12.4 Å². The molecule has 0 saturated carbocycles. The molecule has 1 N–H and O–H groups in total. The van der Waals surface area contributed by atoms with Crippen molar-refractivity contribution in [2.45, 2.75) is 32.3 Å². The van der Waals surface area contributed by atoms with Crippen LogP contribution in [0.5, 0.6) is 5.75 Å². The van der Waals surface area contributed by atoms with E-state index in [9.17, 15) is 5.11 Å². The minimum Gasteiger partial charge on any atom is -0.489 e. The minimum absolute atomic E-state index is 0.222. The molecule has 2 nitrogen and oxygen atoms in total. The van der Waals surface area contributed by atoms with Gasteiger partial charge in [-0.25, -0.2) is 0 Å². The zero-order chi connectivity index (χ0) is 12.2. The molecule has 0 radical (unpaired) electrons. The fourth-order valence-corrected chi connectivity index (χ4v) is 1.59. The van der Waals surface area contributed by atoms with E-state index in [1.54, 1.807) is 18.2 Å². The molecule has 0 aliphatic carbocycles. The topological polar surface area (TPSA) is 29.5 Å². The van der Waals surface area contributed by atoms with Crippen LogP contribution in [0.25, 0.3) is 0 Å². The summed E-state index contributed by atoms with van der Waals surface area (Å²) in [6, 6.07) is 5.02. The molecule has 1 aromatic rings. The Morgan fingerprint density at radius 2 is 1.88 bits per heavy atom. The highest BCUT2D eigenvalue weighted by atomic mass is 35.5. The number of aliphatic hydroxyl groups is 1. The van der Waals surface area contributed by atoms with Gasteiger partial charge in [0.15, 0.2) is 0 Å². The van der Waals surface area contributed by atoms with E-state index in [2.05, 4.69) is 0 Å². The SMILES string of the molecule is CCC(O)(CC)COc1cc(Cl)ccc1Cl. The second kappa shape index (κ2) is 5.76. The van der Waals surface area contributed by atoms with Gasteiger partial charge in [-0.3, -0.25) is 0 Å².